The number of carbonyl (C=O) groups excluding carboxylic acids is 2. The van der Waals surface area contributed by atoms with E-state index in [0.717, 1.165) is 11.3 Å². The Bertz CT molecular complexity index is 482. The Morgan fingerprint density at radius 1 is 1.18 bits per heavy atom. The molecule has 5 heteroatoms. The van der Waals surface area contributed by atoms with Crippen LogP contribution in [0.4, 0.5) is 5.69 Å². The molecule has 1 aliphatic rings. The van der Waals surface area contributed by atoms with Gasteiger partial charge in [0, 0.05) is 26.0 Å². The molecule has 5 nitrogen and oxygen atoms in total. The lowest BCUT2D eigenvalue weighted by molar-refractivity contribution is -0.134. The molecule has 0 fully saturated rings. The Morgan fingerprint density at radius 2 is 1.88 bits per heavy atom. The van der Waals surface area contributed by atoms with Crippen LogP contribution in [0.15, 0.2) is 12.1 Å². The molecule has 1 heterocycles. The average molecular weight is 234 g/mol. The first-order chi connectivity index (χ1) is 8.08. The molecule has 1 aromatic carbocycles. The second-order valence-electron chi connectivity index (χ2n) is 3.71. The fourth-order valence-corrected chi connectivity index (χ4v) is 1.76. The molecular weight excluding hydrogens is 222 g/mol. The molecule has 17 heavy (non-hydrogen) atoms. The number of hydrogen-bond donors (Lipinski definition) is 0. The Labute approximate surface area is 98.7 Å². The smallest absolute Gasteiger partial charge is 0.308 e. The van der Waals surface area contributed by atoms with E-state index in [0.29, 0.717) is 18.7 Å². The fraction of sp³-hybridized carbons (Fsp3) is 0.333. The van der Waals surface area contributed by atoms with E-state index in [1.165, 1.54) is 13.8 Å². The van der Waals surface area contributed by atoms with Gasteiger partial charge in [0.05, 0.1) is 5.69 Å². The van der Waals surface area contributed by atoms with E-state index in [1.807, 2.05) is 0 Å². The normalized spacial score (nSPS) is 12.6. The summed E-state index contributed by atoms with van der Waals surface area (Å²) in [5.41, 5.74) is 1.61. The fourth-order valence-electron chi connectivity index (χ4n) is 1.76. The molecule has 0 unspecified atom stereocenters. The minimum absolute atomic E-state index is 0.267. The van der Waals surface area contributed by atoms with Crippen LogP contribution in [-0.2, 0) is 16.0 Å². The van der Waals surface area contributed by atoms with Crippen molar-refractivity contribution in [2.24, 2.45) is 0 Å². The van der Waals surface area contributed by atoms with Crippen LogP contribution in [0.1, 0.15) is 19.4 Å². The van der Waals surface area contributed by atoms with E-state index in [-0.39, 0.29) is 5.75 Å². The van der Waals surface area contributed by atoms with Crippen molar-refractivity contribution in [1.29, 1.82) is 0 Å². The maximum Gasteiger partial charge on any atom is 0.308 e. The first kappa shape index (κ1) is 11.4. The minimum Gasteiger partial charge on any atom is -0.423 e. The molecule has 2 rings (SSSR count). The van der Waals surface area contributed by atoms with Crippen LogP contribution in [-0.4, -0.2) is 18.5 Å². The monoisotopic (exact) mass is 234 g/mol. The van der Waals surface area contributed by atoms with E-state index in [2.05, 4.69) is 5.32 Å². The molecule has 0 saturated heterocycles. The molecule has 0 bridgehead atoms. The number of nitrogens with zero attached hydrogens (tertiary/aromatic N) is 1. The number of benzene rings is 1. The van der Waals surface area contributed by atoms with Crippen molar-refractivity contribution in [1.82, 2.24) is 5.32 Å². The lowest BCUT2D eigenvalue weighted by atomic mass is 10.1. The third-order valence-electron chi connectivity index (χ3n) is 2.34. The van der Waals surface area contributed by atoms with Crippen LogP contribution >= 0.6 is 0 Å². The molecule has 0 amide bonds. The predicted octanol–water partition coefficient (Wildman–Crippen LogP) is 1.33. The first-order valence-corrected chi connectivity index (χ1v) is 5.28. The van der Waals surface area contributed by atoms with Crippen LogP contribution < -0.4 is 14.8 Å². The average Bonchev–Trinajstić information content (AvgIpc) is 2.68. The maximum absolute atomic E-state index is 11.1. The molecule has 0 spiro atoms. The van der Waals surface area contributed by atoms with Gasteiger partial charge >= 0.3 is 11.9 Å². The van der Waals surface area contributed by atoms with Gasteiger partial charge in [0.15, 0.2) is 11.5 Å². The number of fused-ring (bicyclic) bond motifs is 1. The summed E-state index contributed by atoms with van der Waals surface area (Å²) in [6, 6.07) is 3.35. The molecule has 89 valence electrons. The second kappa shape index (κ2) is 4.45. The molecule has 0 saturated carbocycles. The lowest BCUT2D eigenvalue weighted by Gasteiger charge is -2.11. The van der Waals surface area contributed by atoms with Gasteiger partial charge in [0.25, 0.3) is 0 Å². The van der Waals surface area contributed by atoms with Crippen molar-refractivity contribution >= 4 is 17.6 Å². The van der Waals surface area contributed by atoms with Gasteiger partial charge in [-0.3, -0.25) is 14.9 Å². The molecule has 0 N–H and O–H groups in total. The van der Waals surface area contributed by atoms with Gasteiger partial charge in [-0.2, -0.15) is 0 Å². The maximum atomic E-state index is 11.1. The number of hydrogen-bond acceptors (Lipinski definition) is 4. The van der Waals surface area contributed by atoms with Crippen LogP contribution in [0.5, 0.6) is 11.5 Å². The zero-order chi connectivity index (χ0) is 12.4. The third-order valence-corrected chi connectivity index (χ3v) is 2.34. The van der Waals surface area contributed by atoms with Crippen LogP contribution in [0.2, 0.25) is 0 Å². The van der Waals surface area contributed by atoms with Gasteiger partial charge < -0.3 is 9.47 Å². The van der Waals surface area contributed by atoms with E-state index >= 15 is 0 Å². The van der Waals surface area contributed by atoms with Crippen molar-refractivity contribution in [3.63, 3.8) is 0 Å². The highest BCUT2D eigenvalue weighted by molar-refractivity contribution is 5.76. The van der Waals surface area contributed by atoms with Gasteiger partial charge in [0.1, 0.15) is 0 Å². The van der Waals surface area contributed by atoms with Crippen LogP contribution in [0.25, 0.3) is 0 Å². The van der Waals surface area contributed by atoms with Gasteiger partial charge in [-0.1, -0.05) is 0 Å². The molecular formula is C12H12NO4. The molecule has 0 aromatic heterocycles. The van der Waals surface area contributed by atoms with E-state index < -0.39 is 11.9 Å². The number of ether oxygens (including phenoxy) is 2. The highest BCUT2D eigenvalue weighted by atomic mass is 16.6. The summed E-state index contributed by atoms with van der Waals surface area (Å²) >= 11 is 0. The van der Waals surface area contributed by atoms with E-state index in [9.17, 15) is 9.59 Å². The standard InChI is InChI=1S/C12H12NO4/c1-7(14)16-11-4-3-10-9(5-6-13-10)12(11)17-8(2)15/h3-4H,5-6H2,1-2H3. The second-order valence-corrected chi connectivity index (χ2v) is 3.71. The molecule has 1 radical (unpaired) electrons. The quantitative estimate of drug-likeness (QED) is 0.572. The van der Waals surface area contributed by atoms with Crippen LogP contribution in [0, 0.1) is 0 Å². The Kier molecular flexibility index (Phi) is 2.99. The summed E-state index contributed by atoms with van der Waals surface area (Å²) in [5, 5.41) is 4.26. The van der Waals surface area contributed by atoms with Crippen molar-refractivity contribution in [3.8, 4) is 11.5 Å². The highest BCUT2D eigenvalue weighted by Gasteiger charge is 2.22. The van der Waals surface area contributed by atoms with E-state index in [4.69, 9.17) is 9.47 Å². The third kappa shape index (κ3) is 2.38. The van der Waals surface area contributed by atoms with Crippen molar-refractivity contribution in [2.75, 3.05) is 6.54 Å². The van der Waals surface area contributed by atoms with Crippen molar-refractivity contribution in [3.05, 3.63) is 17.7 Å². The van der Waals surface area contributed by atoms with Crippen molar-refractivity contribution in [2.45, 2.75) is 20.3 Å². The molecule has 0 atom stereocenters. The van der Waals surface area contributed by atoms with Crippen LogP contribution in [0.3, 0.4) is 0 Å². The van der Waals surface area contributed by atoms with Gasteiger partial charge in [-0.15, -0.1) is 0 Å². The van der Waals surface area contributed by atoms with Crippen molar-refractivity contribution < 1.29 is 19.1 Å². The molecule has 1 aliphatic heterocycles. The summed E-state index contributed by atoms with van der Waals surface area (Å²) in [7, 11) is 0. The summed E-state index contributed by atoms with van der Waals surface area (Å²) in [6.07, 6.45) is 0.688. The first-order valence-electron chi connectivity index (χ1n) is 5.28. The minimum atomic E-state index is -0.451. The van der Waals surface area contributed by atoms with Gasteiger partial charge in [-0.25, -0.2) is 0 Å². The Balaban J connectivity index is 2.44. The molecule has 1 aromatic rings. The van der Waals surface area contributed by atoms with Gasteiger partial charge in [0.2, 0.25) is 0 Å². The lowest BCUT2D eigenvalue weighted by Crippen LogP contribution is -2.08. The summed E-state index contributed by atoms with van der Waals surface area (Å²) in [5.74, 6) is -0.318. The number of esters is 2. The Hall–Kier alpha value is -2.04. The molecule has 0 aliphatic carbocycles. The summed E-state index contributed by atoms with van der Waals surface area (Å²) in [4.78, 5) is 22.0. The highest BCUT2D eigenvalue weighted by Crippen LogP contribution is 2.39. The zero-order valence-electron chi connectivity index (χ0n) is 9.65. The number of rotatable bonds is 2. The zero-order valence-corrected chi connectivity index (χ0v) is 9.65. The van der Waals surface area contributed by atoms with Gasteiger partial charge in [-0.05, 0) is 18.6 Å². The number of carbonyl (C=O) groups is 2. The topological polar surface area (TPSA) is 66.7 Å². The SMILES string of the molecule is CC(=O)Oc1ccc2c(c1OC(C)=O)CC[N]2. The summed E-state index contributed by atoms with van der Waals surface area (Å²) in [6.45, 7) is 3.27. The van der Waals surface area contributed by atoms with E-state index in [1.54, 1.807) is 12.1 Å². The summed E-state index contributed by atoms with van der Waals surface area (Å²) < 4.78 is 10.1. The predicted molar refractivity (Wildman–Crippen MR) is 59.4 cm³/mol. The largest absolute Gasteiger partial charge is 0.423 e. The Morgan fingerprint density at radius 3 is 2.53 bits per heavy atom.